The Morgan fingerprint density at radius 2 is 2.00 bits per heavy atom. The second-order valence-electron chi connectivity index (χ2n) is 4.73. The Morgan fingerprint density at radius 1 is 1.31 bits per heavy atom. The van der Waals surface area contributed by atoms with E-state index in [4.69, 9.17) is 11.6 Å². The molecule has 0 radical (unpaired) electrons. The van der Waals surface area contributed by atoms with Crippen molar-refractivity contribution in [1.29, 1.82) is 0 Å². The van der Waals surface area contributed by atoms with Gasteiger partial charge in [0.2, 0.25) is 0 Å². The summed E-state index contributed by atoms with van der Waals surface area (Å²) >= 11 is 8.00. The lowest BCUT2D eigenvalue weighted by molar-refractivity contribution is 0.461. The molecule has 3 heteroatoms. The summed E-state index contributed by atoms with van der Waals surface area (Å²) in [5, 5.41) is 6.77. The van der Waals surface area contributed by atoms with Crippen LogP contribution in [0.25, 0.3) is 0 Å². The van der Waals surface area contributed by atoms with Crippen molar-refractivity contribution < 1.29 is 0 Å². The number of aryl methyl sites for hydroxylation is 1. The molecule has 0 unspecified atom stereocenters. The quantitative estimate of drug-likeness (QED) is 0.785. The Kier molecular flexibility index (Phi) is 4.68. The first kappa shape index (κ1) is 12.4. The van der Waals surface area contributed by atoms with Gasteiger partial charge in [-0.1, -0.05) is 37.3 Å². The largest absolute Gasteiger partial charge is 0.309 e. The summed E-state index contributed by atoms with van der Waals surface area (Å²) in [4.78, 5) is 1.29. The summed E-state index contributed by atoms with van der Waals surface area (Å²) in [5.74, 6) is 0. The van der Waals surface area contributed by atoms with Gasteiger partial charge in [-0.3, -0.25) is 0 Å². The first-order valence-corrected chi connectivity index (χ1v) is 7.49. The zero-order chi connectivity index (χ0) is 11.4. The van der Waals surface area contributed by atoms with Crippen molar-refractivity contribution in [1.82, 2.24) is 5.32 Å². The molecule has 0 atom stereocenters. The molecular weight excluding hydrogens is 238 g/mol. The molecule has 1 aromatic rings. The van der Waals surface area contributed by atoms with E-state index in [2.05, 4.69) is 17.6 Å². The molecule has 1 N–H and O–H groups in total. The minimum Gasteiger partial charge on any atom is -0.309 e. The third-order valence-electron chi connectivity index (χ3n) is 3.38. The van der Waals surface area contributed by atoms with E-state index in [0.717, 1.165) is 11.6 Å². The van der Waals surface area contributed by atoms with Crippen LogP contribution in [-0.4, -0.2) is 6.04 Å². The summed E-state index contributed by atoms with van der Waals surface area (Å²) in [6, 6.07) is 0.709. The molecule has 0 bridgehead atoms. The molecule has 0 aliphatic heterocycles. The fourth-order valence-electron chi connectivity index (χ4n) is 2.32. The van der Waals surface area contributed by atoms with Crippen LogP contribution in [-0.2, 0) is 6.54 Å². The third-order valence-corrected chi connectivity index (χ3v) is 5.12. The number of rotatable bonds is 3. The van der Waals surface area contributed by atoms with Crippen LogP contribution in [0.4, 0.5) is 0 Å². The molecule has 1 aliphatic carbocycles. The fraction of sp³-hybridized carbons (Fsp3) is 0.692. The summed E-state index contributed by atoms with van der Waals surface area (Å²) in [6.45, 7) is 3.02. The topological polar surface area (TPSA) is 12.0 Å². The zero-order valence-corrected chi connectivity index (χ0v) is 11.5. The normalized spacial score (nSPS) is 18.6. The van der Waals surface area contributed by atoms with Gasteiger partial charge in [0.05, 0.1) is 5.02 Å². The van der Waals surface area contributed by atoms with Gasteiger partial charge in [-0.25, -0.2) is 0 Å². The lowest BCUT2D eigenvalue weighted by Gasteiger charge is -2.15. The highest BCUT2D eigenvalue weighted by atomic mass is 35.5. The lowest BCUT2D eigenvalue weighted by Crippen LogP contribution is -2.27. The number of nitrogens with one attached hydrogen (secondary N) is 1. The standard InChI is InChI=1S/C13H20ClNS/c1-10-9-16-12(13(10)14)8-15-11-6-4-2-3-5-7-11/h9,11,15H,2-8H2,1H3. The van der Waals surface area contributed by atoms with Crippen molar-refractivity contribution >= 4 is 22.9 Å². The summed E-state index contributed by atoms with van der Waals surface area (Å²) in [6.07, 6.45) is 8.27. The van der Waals surface area contributed by atoms with Gasteiger partial charge in [0.1, 0.15) is 0 Å². The van der Waals surface area contributed by atoms with Gasteiger partial charge >= 0.3 is 0 Å². The predicted molar refractivity (Wildman–Crippen MR) is 72.4 cm³/mol. The molecule has 0 amide bonds. The van der Waals surface area contributed by atoms with Crippen LogP contribution >= 0.6 is 22.9 Å². The number of halogens is 1. The average Bonchev–Trinajstić information content (AvgIpc) is 2.53. The first-order valence-electron chi connectivity index (χ1n) is 6.23. The Morgan fingerprint density at radius 3 is 2.56 bits per heavy atom. The van der Waals surface area contributed by atoms with Crippen molar-refractivity contribution in [2.45, 2.75) is 58.0 Å². The smallest absolute Gasteiger partial charge is 0.0587 e. The number of hydrogen-bond donors (Lipinski definition) is 1. The monoisotopic (exact) mass is 257 g/mol. The molecule has 0 saturated heterocycles. The van der Waals surface area contributed by atoms with Gasteiger partial charge in [-0.15, -0.1) is 11.3 Å². The molecule has 1 heterocycles. The van der Waals surface area contributed by atoms with Crippen LogP contribution in [0.15, 0.2) is 5.38 Å². The third kappa shape index (κ3) is 3.22. The van der Waals surface area contributed by atoms with Gasteiger partial charge < -0.3 is 5.32 Å². The minimum atomic E-state index is 0.709. The van der Waals surface area contributed by atoms with E-state index in [-0.39, 0.29) is 0 Å². The van der Waals surface area contributed by atoms with Crippen LogP contribution in [0.5, 0.6) is 0 Å². The van der Waals surface area contributed by atoms with E-state index in [1.807, 2.05) is 0 Å². The maximum atomic E-state index is 6.23. The van der Waals surface area contributed by atoms with Crippen LogP contribution < -0.4 is 5.32 Å². The first-order chi connectivity index (χ1) is 7.77. The summed E-state index contributed by atoms with van der Waals surface area (Å²) < 4.78 is 0. The predicted octanol–water partition coefficient (Wildman–Crippen LogP) is 4.52. The Bertz CT molecular complexity index is 327. The van der Waals surface area contributed by atoms with Crippen molar-refractivity contribution in [2.24, 2.45) is 0 Å². The van der Waals surface area contributed by atoms with Crippen LogP contribution in [0.3, 0.4) is 0 Å². The van der Waals surface area contributed by atoms with Crippen LogP contribution in [0.2, 0.25) is 5.02 Å². The minimum absolute atomic E-state index is 0.709. The van der Waals surface area contributed by atoms with E-state index in [9.17, 15) is 0 Å². The van der Waals surface area contributed by atoms with Gasteiger partial charge in [0.15, 0.2) is 0 Å². The van der Waals surface area contributed by atoms with Crippen molar-refractivity contribution in [2.75, 3.05) is 0 Å². The van der Waals surface area contributed by atoms with E-state index < -0.39 is 0 Å². The van der Waals surface area contributed by atoms with Crippen molar-refractivity contribution in [3.8, 4) is 0 Å². The average molecular weight is 258 g/mol. The molecule has 1 nitrogen and oxygen atoms in total. The highest BCUT2D eigenvalue weighted by Gasteiger charge is 2.13. The summed E-state index contributed by atoms with van der Waals surface area (Å²) in [5.41, 5.74) is 1.21. The second-order valence-corrected chi connectivity index (χ2v) is 6.07. The van der Waals surface area contributed by atoms with Crippen LogP contribution in [0.1, 0.15) is 49.0 Å². The molecule has 2 rings (SSSR count). The van der Waals surface area contributed by atoms with E-state index in [0.29, 0.717) is 6.04 Å². The maximum absolute atomic E-state index is 6.23. The molecule has 0 spiro atoms. The molecule has 1 aliphatic rings. The Hall–Kier alpha value is -0.0500. The highest BCUT2D eigenvalue weighted by Crippen LogP contribution is 2.27. The van der Waals surface area contributed by atoms with Crippen molar-refractivity contribution in [3.05, 3.63) is 20.8 Å². The lowest BCUT2D eigenvalue weighted by atomic mass is 10.1. The Balaban J connectivity index is 1.84. The molecule has 90 valence electrons. The van der Waals surface area contributed by atoms with Gasteiger partial charge in [-0.05, 0) is 30.7 Å². The van der Waals surface area contributed by atoms with Gasteiger partial charge in [0, 0.05) is 17.5 Å². The second kappa shape index (κ2) is 6.04. The zero-order valence-electron chi connectivity index (χ0n) is 9.89. The Labute approximate surface area is 107 Å². The van der Waals surface area contributed by atoms with Crippen molar-refractivity contribution in [3.63, 3.8) is 0 Å². The maximum Gasteiger partial charge on any atom is 0.0587 e. The van der Waals surface area contributed by atoms with Gasteiger partial charge in [0.25, 0.3) is 0 Å². The molecular formula is C13H20ClNS. The van der Waals surface area contributed by atoms with E-state index in [1.54, 1.807) is 11.3 Å². The molecule has 1 saturated carbocycles. The van der Waals surface area contributed by atoms with Gasteiger partial charge in [-0.2, -0.15) is 0 Å². The fourth-order valence-corrected chi connectivity index (χ4v) is 3.51. The molecule has 16 heavy (non-hydrogen) atoms. The SMILES string of the molecule is Cc1csc(CNC2CCCCCC2)c1Cl. The van der Waals surface area contributed by atoms with E-state index in [1.165, 1.54) is 49.0 Å². The highest BCUT2D eigenvalue weighted by molar-refractivity contribution is 7.10. The number of hydrogen-bond acceptors (Lipinski definition) is 2. The van der Waals surface area contributed by atoms with Crippen LogP contribution in [0, 0.1) is 6.92 Å². The molecule has 1 fully saturated rings. The summed E-state index contributed by atoms with van der Waals surface area (Å²) in [7, 11) is 0. The number of thiophene rings is 1. The molecule has 0 aromatic carbocycles. The van der Waals surface area contributed by atoms with E-state index >= 15 is 0 Å². The molecule has 1 aromatic heterocycles.